The highest BCUT2D eigenvalue weighted by atomic mass is 16.5. The van der Waals surface area contributed by atoms with Crippen LogP contribution in [0.4, 0.5) is 0 Å². The molecule has 0 aromatic rings. The minimum absolute atomic E-state index is 0.222. The fraction of sp³-hybridized carbons (Fsp3) is 1.00. The minimum atomic E-state index is 0.222. The lowest BCUT2D eigenvalue weighted by Crippen LogP contribution is -2.40. The van der Waals surface area contributed by atoms with Crippen LogP contribution in [0.2, 0.25) is 0 Å². The van der Waals surface area contributed by atoms with E-state index in [2.05, 4.69) is 39.9 Å². The second-order valence-corrected chi connectivity index (χ2v) is 5.42. The van der Waals surface area contributed by atoms with Crippen LogP contribution in [0.3, 0.4) is 0 Å². The molecular formula is C12H27NO. The first-order valence-electron chi connectivity index (χ1n) is 5.61. The van der Waals surface area contributed by atoms with E-state index in [4.69, 9.17) is 4.74 Å². The van der Waals surface area contributed by atoms with Crippen LogP contribution in [0.15, 0.2) is 0 Å². The van der Waals surface area contributed by atoms with Gasteiger partial charge in [0.25, 0.3) is 0 Å². The molecule has 0 rings (SSSR count). The van der Waals surface area contributed by atoms with E-state index in [1.807, 2.05) is 0 Å². The topological polar surface area (TPSA) is 21.3 Å². The smallest absolute Gasteiger partial charge is 0.0465 e. The van der Waals surface area contributed by atoms with Gasteiger partial charge in [-0.1, -0.05) is 13.8 Å². The summed E-state index contributed by atoms with van der Waals surface area (Å²) < 4.78 is 5.13. The Bertz CT molecular complexity index is 138. The largest absolute Gasteiger partial charge is 0.385 e. The molecule has 0 heterocycles. The van der Waals surface area contributed by atoms with Crippen LogP contribution < -0.4 is 5.32 Å². The summed E-state index contributed by atoms with van der Waals surface area (Å²) >= 11 is 0. The summed E-state index contributed by atoms with van der Waals surface area (Å²) in [4.78, 5) is 0. The van der Waals surface area contributed by atoms with E-state index in [-0.39, 0.29) is 5.54 Å². The second kappa shape index (κ2) is 6.41. The molecule has 2 nitrogen and oxygen atoms in total. The number of hydrogen-bond donors (Lipinski definition) is 1. The summed E-state index contributed by atoms with van der Waals surface area (Å²) in [6.07, 6.45) is 1.15. The van der Waals surface area contributed by atoms with Gasteiger partial charge < -0.3 is 10.1 Å². The fourth-order valence-electron chi connectivity index (χ4n) is 1.38. The van der Waals surface area contributed by atoms with Gasteiger partial charge in [0, 0.05) is 19.3 Å². The van der Waals surface area contributed by atoms with E-state index in [1.165, 1.54) is 0 Å². The van der Waals surface area contributed by atoms with E-state index in [0.717, 1.165) is 25.5 Å². The molecule has 0 amide bonds. The highest BCUT2D eigenvalue weighted by molar-refractivity contribution is 4.74. The van der Waals surface area contributed by atoms with Crippen LogP contribution in [-0.2, 0) is 4.74 Å². The average Bonchev–Trinajstić information content (AvgIpc) is 2.01. The number of rotatable bonds is 6. The molecule has 0 bridgehead atoms. The molecule has 0 aliphatic carbocycles. The zero-order valence-corrected chi connectivity index (χ0v) is 10.7. The summed E-state index contributed by atoms with van der Waals surface area (Å²) in [6, 6.07) is 0. The number of methoxy groups -OCH3 is 1. The van der Waals surface area contributed by atoms with Gasteiger partial charge in [0.2, 0.25) is 0 Å². The first kappa shape index (κ1) is 13.9. The predicted molar refractivity (Wildman–Crippen MR) is 62.6 cm³/mol. The van der Waals surface area contributed by atoms with Crippen molar-refractivity contribution in [3.63, 3.8) is 0 Å². The van der Waals surface area contributed by atoms with Gasteiger partial charge in [-0.3, -0.25) is 0 Å². The summed E-state index contributed by atoms with van der Waals surface area (Å²) in [6.45, 7) is 13.1. The molecule has 0 saturated carbocycles. The standard InChI is InChI=1S/C12H27NO/c1-10(2)11(7-8-14-6)9-13-12(3,4)5/h10-11,13H,7-9H2,1-6H3. The van der Waals surface area contributed by atoms with Gasteiger partial charge in [-0.15, -0.1) is 0 Å². The zero-order chi connectivity index (χ0) is 11.2. The number of nitrogens with one attached hydrogen (secondary N) is 1. The molecule has 0 fully saturated rings. The maximum absolute atomic E-state index is 5.13. The average molecular weight is 201 g/mol. The molecule has 14 heavy (non-hydrogen) atoms. The summed E-state index contributed by atoms with van der Waals surface area (Å²) in [5.74, 6) is 1.44. The van der Waals surface area contributed by atoms with Crippen LogP contribution in [0, 0.1) is 11.8 Å². The monoisotopic (exact) mass is 201 g/mol. The maximum Gasteiger partial charge on any atom is 0.0465 e. The van der Waals surface area contributed by atoms with Crippen molar-refractivity contribution in [3.05, 3.63) is 0 Å². The Morgan fingerprint density at radius 3 is 2.14 bits per heavy atom. The van der Waals surface area contributed by atoms with Crippen LogP contribution in [0.1, 0.15) is 41.0 Å². The first-order valence-corrected chi connectivity index (χ1v) is 5.61. The molecule has 1 N–H and O–H groups in total. The van der Waals surface area contributed by atoms with Gasteiger partial charge in [-0.05, 0) is 45.6 Å². The highest BCUT2D eigenvalue weighted by Crippen LogP contribution is 2.15. The molecule has 2 heteroatoms. The Balaban J connectivity index is 3.85. The van der Waals surface area contributed by atoms with Gasteiger partial charge in [0.1, 0.15) is 0 Å². The molecule has 1 atom stereocenters. The van der Waals surface area contributed by atoms with Crippen LogP contribution >= 0.6 is 0 Å². The summed E-state index contributed by atoms with van der Waals surface area (Å²) in [7, 11) is 1.77. The van der Waals surface area contributed by atoms with Crippen molar-refractivity contribution in [2.24, 2.45) is 11.8 Å². The lowest BCUT2D eigenvalue weighted by atomic mass is 9.92. The third-order valence-corrected chi connectivity index (χ3v) is 2.53. The molecule has 0 spiro atoms. The van der Waals surface area contributed by atoms with Crippen LogP contribution in [0.5, 0.6) is 0 Å². The van der Waals surface area contributed by atoms with Crippen LogP contribution in [-0.4, -0.2) is 25.8 Å². The van der Waals surface area contributed by atoms with E-state index < -0.39 is 0 Å². The molecule has 1 unspecified atom stereocenters. The summed E-state index contributed by atoms with van der Waals surface area (Å²) in [5, 5.41) is 3.56. The quantitative estimate of drug-likeness (QED) is 0.713. The molecule has 0 aliphatic heterocycles. The van der Waals surface area contributed by atoms with Crippen molar-refractivity contribution in [1.29, 1.82) is 0 Å². The summed E-state index contributed by atoms with van der Waals surface area (Å²) in [5.41, 5.74) is 0.222. The van der Waals surface area contributed by atoms with Crippen molar-refractivity contribution >= 4 is 0 Å². The normalized spacial score (nSPS) is 14.8. The molecule has 0 aromatic heterocycles. The SMILES string of the molecule is COCCC(CNC(C)(C)C)C(C)C. The van der Waals surface area contributed by atoms with Crippen molar-refractivity contribution in [3.8, 4) is 0 Å². The van der Waals surface area contributed by atoms with Crippen molar-refractivity contribution in [2.75, 3.05) is 20.3 Å². The number of hydrogen-bond acceptors (Lipinski definition) is 2. The van der Waals surface area contributed by atoms with Crippen molar-refractivity contribution in [2.45, 2.75) is 46.6 Å². The highest BCUT2D eigenvalue weighted by Gasteiger charge is 2.16. The van der Waals surface area contributed by atoms with E-state index in [0.29, 0.717) is 5.92 Å². The molecule has 0 radical (unpaired) electrons. The lowest BCUT2D eigenvalue weighted by molar-refractivity contribution is 0.161. The predicted octanol–water partition coefficient (Wildman–Crippen LogP) is 2.68. The zero-order valence-electron chi connectivity index (χ0n) is 10.7. The Kier molecular flexibility index (Phi) is 6.38. The molecule has 0 aliphatic rings. The van der Waals surface area contributed by atoms with Gasteiger partial charge in [-0.25, -0.2) is 0 Å². The lowest BCUT2D eigenvalue weighted by Gasteiger charge is -2.27. The molecule has 0 aromatic carbocycles. The fourth-order valence-corrected chi connectivity index (χ4v) is 1.38. The van der Waals surface area contributed by atoms with Gasteiger partial charge in [0.05, 0.1) is 0 Å². The van der Waals surface area contributed by atoms with E-state index >= 15 is 0 Å². The van der Waals surface area contributed by atoms with Gasteiger partial charge in [-0.2, -0.15) is 0 Å². The van der Waals surface area contributed by atoms with E-state index in [9.17, 15) is 0 Å². The molecule has 0 saturated heterocycles. The Morgan fingerprint density at radius 2 is 1.79 bits per heavy atom. The molecule has 86 valence electrons. The minimum Gasteiger partial charge on any atom is -0.385 e. The molecular weight excluding hydrogens is 174 g/mol. The Morgan fingerprint density at radius 1 is 1.21 bits per heavy atom. The first-order chi connectivity index (χ1) is 6.37. The Labute approximate surface area is 89.4 Å². The maximum atomic E-state index is 5.13. The van der Waals surface area contributed by atoms with E-state index in [1.54, 1.807) is 7.11 Å². The third kappa shape index (κ3) is 7.34. The number of ether oxygens (including phenoxy) is 1. The van der Waals surface area contributed by atoms with Crippen molar-refractivity contribution in [1.82, 2.24) is 5.32 Å². The Hall–Kier alpha value is -0.0800. The second-order valence-electron chi connectivity index (χ2n) is 5.42. The van der Waals surface area contributed by atoms with Crippen molar-refractivity contribution < 1.29 is 4.74 Å². The van der Waals surface area contributed by atoms with Gasteiger partial charge >= 0.3 is 0 Å². The van der Waals surface area contributed by atoms with Gasteiger partial charge in [0.15, 0.2) is 0 Å². The van der Waals surface area contributed by atoms with Crippen LogP contribution in [0.25, 0.3) is 0 Å². The third-order valence-electron chi connectivity index (χ3n) is 2.53.